The van der Waals surface area contributed by atoms with E-state index in [9.17, 15) is 9.59 Å². The van der Waals surface area contributed by atoms with Crippen LogP contribution in [0.25, 0.3) is 0 Å². The molecule has 0 saturated carbocycles. The van der Waals surface area contributed by atoms with Crippen LogP contribution in [0, 0.1) is 0 Å². The largest absolute Gasteiger partial charge is 0.465 e. The third-order valence-electron chi connectivity index (χ3n) is 1.06. The molecule has 0 spiro atoms. The molecule has 2 N–H and O–H groups in total. The van der Waals surface area contributed by atoms with E-state index >= 15 is 0 Å². The summed E-state index contributed by atoms with van der Waals surface area (Å²) in [5.41, 5.74) is 5.40. The van der Waals surface area contributed by atoms with E-state index in [2.05, 4.69) is 4.74 Å². The Morgan fingerprint density at radius 2 is 2.17 bits per heavy atom. The molecule has 5 heteroatoms. The number of carbonyl (C=O) groups is 2. The summed E-state index contributed by atoms with van der Waals surface area (Å²) in [6, 6.07) is -0.696. The highest BCUT2D eigenvalue weighted by Crippen LogP contribution is 2.03. The minimum absolute atomic E-state index is 0.0465. The van der Waals surface area contributed by atoms with Gasteiger partial charge in [0.15, 0.2) is 5.12 Å². The smallest absolute Gasteiger partial charge is 0.323 e. The highest BCUT2D eigenvalue weighted by atomic mass is 32.2. The van der Waals surface area contributed by atoms with Crippen molar-refractivity contribution < 1.29 is 14.3 Å². The van der Waals surface area contributed by atoms with Gasteiger partial charge >= 0.3 is 5.97 Å². The quantitative estimate of drug-likeness (QED) is 0.641. The lowest BCUT2D eigenvalue weighted by Crippen LogP contribution is -2.34. The highest BCUT2D eigenvalue weighted by Gasteiger charge is 2.14. The first-order valence-corrected chi connectivity index (χ1v) is 4.62. The molecular formula is C7H13NO3S. The third kappa shape index (κ3) is 5.15. The van der Waals surface area contributed by atoms with E-state index in [1.54, 1.807) is 6.92 Å². The van der Waals surface area contributed by atoms with Crippen LogP contribution in [0.3, 0.4) is 0 Å². The Labute approximate surface area is 75.8 Å². The maximum atomic E-state index is 10.9. The first-order valence-electron chi connectivity index (χ1n) is 3.63. The summed E-state index contributed by atoms with van der Waals surface area (Å²) in [6.07, 6.45) is 0. The predicted molar refractivity (Wildman–Crippen MR) is 47.7 cm³/mol. The number of ether oxygens (including phenoxy) is 1. The molecule has 0 bridgehead atoms. The Morgan fingerprint density at radius 1 is 1.58 bits per heavy atom. The van der Waals surface area contributed by atoms with Gasteiger partial charge in [-0.25, -0.2) is 0 Å². The zero-order chi connectivity index (χ0) is 9.56. The van der Waals surface area contributed by atoms with Gasteiger partial charge in [0.25, 0.3) is 0 Å². The van der Waals surface area contributed by atoms with Crippen molar-refractivity contribution in [3.8, 4) is 0 Å². The summed E-state index contributed by atoms with van der Waals surface area (Å²) in [4.78, 5) is 21.4. The second kappa shape index (κ2) is 6.02. The fraction of sp³-hybridized carbons (Fsp3) is 0.714. The Balaban J connectivity index is 3.63. The molecule has 4 nitrogen and oxygen atoms in total. The van der Waals surface area contributed by atoms with Crippen LogP contribution in [0.15, 0.2) is 0 Å². The summed E-state index contributed by atoms with van der Waals surface area (Å²) in [6.45, 7) is 3.46. The molecule has 1 unspecified atom stereocenters. The number of hydrogen-bond acceptors (Lipinski definition) is 5. The van der Waals surface area contributed by atoms with Gasteiger partial charge in [0, 0.05) is 12.7 Å². The predicted octanol–water partition coefficient (Wildman–Crippen LogP) is 0.157. The average Bonchev–Trinajstić information content (AvgIpc) is 2.00. The number of carbonyl (C=O) groups excluding carboxylic acids is 2. The number of esters is 1. The second-order valence-electron chi connectivity index (χ2n) is 2.16. The van der Waals surface area contributed by atoms with Gasteiger partial charge in [0.2, 0.25) is 0 Å². The summed E-state index contributed by atoms with van der Waals surface area (Å²) in [5.74, 6) is -0.167. The monoisotopic (exact) mass is 191 g/mol. The summed E-state index contributed by atoms with van der Waals surface area (Å²) < 4.78 is 4.65. The van der Waals surface area contributed by atoms with Gasteiger partial charge in [0.1, 0.15) is 6.04 Å². The lowest BCUT2D eigenvalue weighted by Gasteiger charge is -2.07. The van der Waals surface area contributed by atoms with Crippen molar-refractivity contribution in [2.24, 2.45) is 5.73 Å². The molecule has 0 aliphatic rings. The zero-order valence-corrected chi connectivity index (χ0v) is 8.02. The van der Waals surface area contributed by atoms with Crippen LogP contribution in [0.4, 0.5) is 0 Å². The van der Waals surface area contributed by atoms with Crippen LogP contribution in [0.2, 0.25) is 0 Å². The van der Waals surface area contributed by atoms with Crippen molar-refractivity contribution in [2.75, 3.05) is 12.4 Å². The molecule has 0 aromatic carbocycles. The van der Waals surface area contributed by atoms with Gasteiger partial charge in [-0.3, -0.25) is 9.59 Å². The van der Waals surface area contributed by atoms with E-state index in [1.807, 2.05) is 0 Å². The van der Waals surface area contributed by atoms with Crippen LogP contribution in [0.1, 0.15) is 13.8 Å². The minimum atomic E-state index is -0.696. The van der Waals surface area contributed by atoms with E-state index in [4.69, 9.17) is 5.73 Å². The summed E-state index contributed by atoms with van der Waals surface area (Å²) >= 11 is 1.03. The molecule has 0 heterocycles. The molecule has 70 valence electrons. The van der Waals surface area contributed by atoms with Crippen LogP contribution >= 0.6 is 11.8 Å². The number of thioether (sulfide) groups is 1. The molecular weight excluding hydrogens is 178 g/mol. The van der Waals surface area contributed by atoms with E-state index in [1.165, 1.54) is 6.92 Å². The van der Waals surface area contributed by atoms with Crippen molar-refractivity contribution in [3.05, 3.63) is 0 Å². The standard InChI is InChI=1S/C7H13NO3S/c1-3-11-7(10)6(8)4-12-5(2)9/h6H,3-4,8H2,1-2H3. The maximum absolute atomic E-state index is 10.9. The van der Waals surface area contributed by atoms with Crippen LogP contribution in [-0.4, -0.2) is 29.5 Å². The van der Waals surface area contributed by atoms with Gasteiger partial charge in [-0.15, -0.1) is 0 Å². The Kier molecular flexibility index (Phi) is 5.74. The number of hydrogen-bond donors (Lipinski definition) is 1. The van der Waals surface area contributed by atoms with Gasteiger partial charge in [-0.05, 0) is 6.92 Å². The first kappa shape index (κ1) is 11.4. The maximum Gasteiger partial charge on any atom is 0.323 e. The fourth-order valence-electron chi connectivity index (χ4n) is 0.524. The highest BCUT2D eigenvalue weighted by molar-refractivity contribution is 8.13. The topological polar surface area (TPSA) is 69.4 Å². The summed E-state index contributed by atoms with van der Waals surface area (Å²) in [5, 5.41) is -0.0465. The molecule has 0 aliphatic heterocycles. The molecule has 0 rings (SSSR count). The van der Waals surface area contributed by atoms with Crippen molar-refractivity contribution in [1.29, 1.82) is 0 Å². The van der Waals surface area contributed by atoms with E-state index in [0.717, 1.165) is 11.8 Å². The van der Waals surface area contributed by atoms with Crippen molar-refractivity contribution in [2.45, 2.75) is 19.9 Å². The van der Waals surface area contributed by atoms with Crippen molar-refractivity contribution >= 4 is 22.8 Å². The zero-order valence-electron chi connectivity index (χ0n) is 7.20. The van der Waals surface area contributed by atoms with E-state index < -0.39 is 12.0 Å². The van der Waals surface area contributed by atoms with Crippen molar-refractivity contribution in [1.82, 2.24) is 0 Å². The lowest BCUT2D eigenvalue weighted by molar-refractivity contribution is -0.144. The third-order valence-corrected chi connectivity index (χ3v) is 1.99. The van der Waals surface area contributed by atoms with E-state index in [0.29, 0.717) is 6.61 Å². The van der Waals surface area contributed by atoms with E-state index in [-0.39, 0.29) is 10.9 Å². The average molecular weight is 191 g/mol. The fourth-order valence-corrected chi connectivity index (χ4v) is 1.07. The molecule has 0 saturated heterocycles. The molecule has 0 aliphatic carbocycles. The van der Waals surface area contributed by atoms with Crippen LogP contribution in [-0.2, 0) is 14.3 Å². The Hall–Kier alpha value is -0.550. The molecule has 0 amide bonds. The first-order chi connectivity index (χ1) is 5.57. The number of nitrogens with two attached hydrogens (primary N) is 1. The second-order valence-corrected chi connectivity index (χ2v) is 3.36. The Morgan fingerprint density at radius 3 is 2.58 bits per heavy atom. The summed E-state index contributed by atoms with van der Waals surface area (Å²) in [7, 11) is 0. The van der Waals surface area contributed by atoms with Crippen LogP contribution in [0.5, 0.6) is 0 Å². The molecule has 1 atom stereocenters. The SMILES string of the molecule is CCOC(=O)C(N)CSC(C)=O. The number of rotatable bonds is 4. The molecule has 0 radical (unpaired) electrons. The van der Waals surface area contributed by atoms with Gasteiger partial charge in [-0.2, -0.15) is 0 Å². The minimum Gasteiger partial charge on any atom is -0.465 e. The lowest BCUT2D eigenvalue weighted by atomic mass is 10.4. The molecule has 12 heavy (non-hydrogen) atoms. The molecule has 0 aromatic heterocycles. The van der Waals surface area contributed by atoms with Crippen molar-refractivity contribution in [3.63, 3.8) is 0 Å². The normalized spacial score (nSPS) is 12.2. The molecule has 0 fully saturated rings. The van der Waals surface area contributed by atoms with Gasteiger partial charge in [0.05, 0.1) is 6.61 Å². The van der Waals surface area contributed by atoms with Gasteiger partial charge < -0.3 is 10.5 Å². The molecule has 0 aromatic rings. The Bertz CT molecular complexity index is 172. The van der Waals surface area contributed by atoms with Gasteiger partial charge in [-0.1, -0.05) is 11.8 Å². The van der Waals surface area contributed by atoms with Crippen LogP contribution < -0.4 is 5.73 Å².